The van der Waals surface area contributed by atoms with Gasteiger partial charge in [0.25, 0.3) is 0 Å². The summed E-state index contributed by atoms with van der Waals surface area (Å²) in [7, 11) is 0. The summed E-state index contributed by atoms with van der Waals surface area (Å²) in [5.74, 6) is -0.131. The lowest BCUT2D eigenvalue weighted by atomic mass is 9.93. The first kappa shape index (κ1) is 10.2. The highest BCUT2D eigenvalue weighted by molar-refractivity contribution is 5.89. The fourth-order valence-electron chi connectivity index (χ4n) is 1.45. The van der Waals surface area contributed by atoms with Gasteiger partial charge in [-0.25, -0.2) is 0 Å². The number of carbonyl (C=O) groups is 2. The van der Waals surface area contributed by atoms with Crippen LogP contribution >= 0.6 is 0 Å². The summed E-state index contributed by atoms with van der Waals surface area (Å²) in [6.07, 6.45) is 2.94. The lowest BCUT2D eigenvalue weighted by molar-refractivity contribution is -0.167. The number of hydrogen-bond donors (Lipinski definition) is 0. The molecule has 0 spiro atoms. The lowest BCUT2D eigenvalue weighted by Crippen LogP contribution is -2.27. The maximum atomic E-state index is 11.2. The first-order valence-electron chi connectivity index (χ1n) is 4.84. The van der Waals surface area contributed by atoms with Gasteiger partial charge in [-0.05, 0) is 18.8 Å². The zero-order valence-electron chi connectivity index (χ0n) is 8.21. The average molecular weight is 184 g/mol. The van der Waals surface area contributed by atoms with Crippen LogP contribution in [0.1, 0.15) is 39.5 Å². The molecule has 1 fully saturated rings. The van der Waals surface area contributed by atoms with Crippen LogP contribution in [0.2, 0.25) is 0 Å². The van der Waals surface area contributed by atoms with Crippen LogP contribution < -0.4 is 0 Å². The molecule has 74 valence electrons. The molecule has 1 aliphatic rings. The van der Waals surface area contributed by atoms with E-state index in [0.717, 1.165) is 12.8 Å². The Bertz CT molecular complexity index is 208. The molecule has 1 heterocycles. The van der Waals surface area contributed by atoms with Crippen LogP contribution in [0, 0.1) is 11.8 Å². The quantitative estimate of drug-likeness (QED) is 0.497. The third-order valence-corrected chi connectivity index (χ3v) is 2.34. The van der Waals surface area contributed by atoms with E-state index in [-0.39, 0.29) is 17.9 Å². The Morgan fingerprint density at radius 2 is 2.15 bits per heavy atom. The highest BCUT2D eigenvalue weighted by Crippen LogP contribution is 2.22. The van der Waals surface area contributed by atoms with E-state index in [4.69, 9.17) is 0 Å². The predicted octanol–water partition coefficient (Wildman–Crippen LogP) is 1.90. The van der Waals surface area contributed by atoms with E-state index in [2.05, 4.69) is 18.6 Å². The molecule has 0 amide bonds. The van der Waals surface area contributed by atoms with Crippen LogP contribution in [0.15, 0.2) is 0 Å². The molecule has 0 aliphatic carbocycles. The third kappa shape index (κ3) is 3.17. The molecule has 1 saturated heterocycles. The summed E-state index contributed by atoms with van der Waals surface area (Å²) in [5, 5.41) is 0. The SMILES string of the molecule is CC(C)CCC1CCC(=O)OC1=O. The van der Waals surface area contributed by atoms with Crippen LogP contribution in [0.5, 0.6) is 0 Å². The van der Waals surface area contributed by atoms with Gasteiger partial charge in [-0.1, -0.05) is 20.3 Å². The van der Waals surface area contributed by atoms with Crippen molar-refractivity contribution in [3.8, 4) is 0 Å². The molecule has 0 saturated carbocycles. The average Bonchev–Trinajstić information content (AvgIpc) is 2.02. The van der Waals surface area contributed by atoms with Gasteiger partial charge >= 0.3 is 11.9 Å². The highest BCUT2D eigenvalue weighted by atomic mass is 16.6. The van der Waals surface area contributed by atoms with Crippen molar-refractivity contribution in [2.45, 2.75) is 39.5 Å². The Morgan fingerprint density at radius 3 is 2.69 bits per heavy atom. The molecule has 3 nitrogen and oxygen atoms in total. The van der Waals surface area contributed by atoms with E-state index < -0.39 is 0 Å². The molecular formula is C10H16O3. The summed E-state index contributed by atoms with van der Waals surface area (Å²) in [5.41, 5.74) is 0. The number of cyclic esters (lactones) is 2. The van der Waals surface area contributed by atoms with Crippen molar-refractivity contribution < 1.29 is 14.3 Å². The normalized spacial score (nSPS) is 23.5. The van der Waals surface area contributed by atoms with E-state index in [1.807, 2.05) is 0 Å². The number of esters is 2. The monoisotopic (exact) mass is 184 g/mol. The summed E-state index contributed by atoms with van der Waals surface area (Å²) < 4.78 is 4.55. The Morgan fingerprint density at radius 1 is 1.46 bits per heavy atom. The number of ether oxygens (including phenoxy) is 1. The van der Waals surface area contributed by atoms with Crippen LogP contribution in [0.25, 0.3) is 0 Å². The summed E-state index contributed by atoms with van der Waals surface area (Å²) in [4.78, 5) is 21.9. The molecule has 0 radical (unpaired) electrons. The van der Waals surface area contributed by atoms with Crippen LogP contribution in [-0.2, 0) is 14.3 Å². The highest BCUT2D eigenvalue weighted by Gasteiger charge is 2.28. The fourth-order valence-corrected chi connectivity index (χ4v) is 1.45. The molecular weight excluding hydrogens is 168 g/mol. The van der Waals surface area contributed by atoms with E-state index >= 15 is 0 Å². The van der Waals surface area contributed by atoms with Gasteiger partial charge in [-0.3, -0.25) is 9.59 Å². The van der Waals surface area contributed by atoms with E-state index in [1.54, 1.807) is 0 Å². The molecule has 0 bridgehead atoms. The van der Waals surface area contributed by atoms with Crippen molar-refractivity contribution in [3.63, 3.8) is 0 Å². The Balaban J connectivity index is 2.34. The van der Waals surface area contributed by atoms with Crippen molar-refractivity contribution >= 4 is 11.9 Å². The molecule has 3 heteroatoms. The van der Waals surface area contributed by atoms with E-state index in [0.29, 0.717) is 18.8 Å². The van der Waals surface area contributed by atoms with Crippen molar-refractivity contribution in [2.75, 3.05) is 0 Å². The second kappa shape index (κ2) is 4.40. The Kier molecular flexibility index (Phi) is 3.46. The Labute approximate surface area is 78.5 Å². The summed E-state index contributed by atoms with van der Waals surface area (Å²) in [6, 6.07) is 0. The van der Waals surface area contributed by atoms with Crippen molar-refractivity contribution in [1.29, 1.82) is 0 Å². The topological polar surface area (TPSA) is 43.4 Å². The van der Waals surface area contributed by atoms with Crippen LogP contribution in [0.4, 0.5) is 0 Å². The first-order chi connectivity index (χ1) is 6.09. The lowest BCUT2D eigenvalue weighted by Gasteiger charge is -2.19. The van der Waals surface area contributed by atoms with E-state index in [9.17, 15) is 9.59 Å². The Hall–Kier alpha value is -0.860. The zero-order chi connectivity index (χ0) is 9.84. The number of hydrogen-bond acceptors (Lipinski definition) is 3. The first-order valence-corrected chi connectivity index (χ1v) is 4.84. The predicted molar refractivity (Wildman–Crippen MR) is 47.9 cm³/mol. The van der Waals surface area contributed by atoms with Crippen LogP contribution in [-0.4, -0.2) is 11.9 Å². The van der Waals surface area contributed by atoms with Gasteiger partial charge in [-0.2, -0.15) is 0 Å². The van der Waals surface area contributed by atoms with Gasteiger partial charge in [-0.15, -0.1) is 0 Å². The van der Waals surface area contributed by atoms with Gasteiger partial charge in [0.2, 0.25) is 0 Å². The van der Waals surface area contributed by atoms with Crippen molar-refractivity contribution in [2.24, 2.45) is 11.8 Å². The molecule has 1 rings (SSSR count). The minimum atomic E-state index is -0.370. The zero-order valence-corrected chi connectivity index (χ0v) is 8.21. The minimum Gasteiger partial charge on any atom is -0.393 e. The fraction of sp³-hybridized carbons (Fsp3) is 0.800. The number of carbonyl (C=O) groups excluding carboxylic acids is 2. The molecule has 1 atom stereocenters. The molecule has 0 N–H and O–H groups in total. The summed E-state index contributed by atoms with van der Waals surface area (Å²) >= 11 is 0. The van der Waals surface area contributed by atoms with Gasteiger partial charge < -0.3 is 4.74 Å². The molecule has 1 unspecified atom stereocenters. The smallest absolute Gasteiger partial charge is 0.316 e. The van der Waals surface area contributed by atoms with E-state index in [1.165, 1.54) is 0 Å². The van der Waals surface area contributed by atoms with Crippen molar-refractivity contribution in [3.05, 3.63) is 0 Å². The molecule has 0 aromatic rings. The van der Waals surface area contributed by atoms with Crippen molar-refractivity contribution in [1.82, 2.24) is 0 Å². The molecule has 0 aromatic heterocycles. The number of rotatable bonds is 3. The van der Waals surface area contributed by atoms with Crippen LogP contribution in [0.3, 0.4) is 0 Å². The second-order valence-electron chi connectivity index (χ2n) is 4.00. The third-order valence-electron chi connectivity index (χ3n) is 2.34. The minimum absolute atomic E-state index is 0.0416. The molecule has 13 heavy (non-hydrogen) atoms. The standard InChI is InChI=1S/C10H16O3/c1-7(2)3-4-8-5-6-9(11)13-10(8)12/h7-8H,3-6H2,1-2H3. The maximum absolute atomic E-state index is 11.2. The van der Waals surface area contributed by atoms with Gasteiger partial charge in [0.1, 0.15) is 0 Å². The molecule has 0 aromatic carbocycles. The van der Waals surface area contributed by atoms with Gasteiger partial charge in [0, 0.05) is 6.42 Å². The second-order valence-corrected chi connectivity index (χ2v) is 4.00. The molecule has 1 aliphatic heterocycles. The maximum Gasteiger partial charge on any atom is 0.316 e. The van der Waals surface area contributed by atoms with Gasteiger partial charge in [0.15, 0.2) is 0 Å². The summed E-state index contributed by atoms with van der Waals surface area (Å²) in [6.45, 7) is 4.25. The largest absolute Gasteiger partial charge is 0.393 e. The van der Waals surface area contributed by atoms with Gasteiger partial charge in [0.05, 0.1) is 5.92 Å².